The molecule has 5 aromatic rings. The van der Waals surface area contributed by atoms with Gasteiger partial charge in [0.2, 0.25) is 11.8 Å². The highest BCUT2D eigenvalue weighted by Gasteiger charge is 2.34. The number of para-hydroxylation sites is 1. The average molecular weight is 841 g/mol. The monoisotopic (exact) mass is 840 g/mol. The molecule has 4 aliphatic rings. The molecular weight excluding hydrogens is 787 g/mol. The SMILES string of the molecule is CC1CCN(c2ccn3ncc(C(=O)Nc4cn([C@H]5CC[C@H](CN(C)C6CCN(c7cccc8c7n(C)c(=O)n8C7CCC(=O)NC7=O)CC6)CC5)nc4C(F)F)c3n2)CC1. The molecule has 16 nitrogen and oxygen atoms in total. The number of nitrogens with zero attached hydrogens (tertiary/aromatic N) is 10. The van der Waals surface area contributed by atoms with Gasteiger partial charge in [-0.15, -0.1) is 0 Å². The average Bonchev–Trinajstić information content (AvgIpc) is 3.95. The van der Waals surface area contributed by atoms with E-state index in [1.165, 1.54) is 15.3 Å². The third-order valence-corrected chi connectivity index (χ3v) is 13.7. The number of aryl methyl sites for hydroxylation is 1. The lowest BCUT2D eigenvalue weighted by Gasteiger charge is -2.40. The predicted molar refractivity (Wildman–Crippen MR) is 226 cm³/mol. The van der Waals surface area contributed by atoms with Crippen LogP contribution < -0.4 is 26.1 Å². The molecule has 61 heavy (non-hydrogen) atoms. The third-order valence-electron chi connectivity index (χ3n) is 13.7. The van der Waals surface area contributed by atoms with Crippen molar-refractivity contribution in [3.63, 3.8) is 0 Å². The Balaban J connectivity index is 0.799. The standard InChI is InChI=1S/C43H54F2N12O4/c1-26-13-18-54(19-14-26)35-17-22-55-40(48-35)30(23-46-55)41(59)47-31-25-56(50-37(31)39(44)45)29-9-7-27(8-10-29)24-51(2)28-15-20-53(21-16-28)32-5-4-6-33-38(32)52(3)43(61)57(33)34-11-12-36(58)49-42(34)60/h4-6,17,22-23,25-29,34,39H,7-16,18-21,24H2,1-3H3,(H,47,59)(H,49,58,60)/t27-,29-,34?. The van der Waals surface area contributed by atoms with E-state index in [2.05, 4.69) is 49.5 Å². The largest absolute Gasteiger partial charge is 0.370 e. The molecule has 1 atom stereocenters. The number of carbonyl (C=O) groups is 3. The molecule has 18 heteroatoms. The zero-order chi connectivity index (χ0) is 42.5. The molecule has 2 N–H and O–H groups in total. The summed E-state index contributed by atoms with van der Waals surface area (Å²) in [6.45, 7) is 6.58. The molecule has 1 unspecified atom stereocenters. The fourth-order valence-corrected chi connectivity index (χ4v) is 10.1. The van der Waals surface area contributed by atoms with Crippen LogP contribution in [0.25, 0.3) is 16.7 Å². The second-order valence-corrected chi connectivity index (χ2v) is 17.6. The topological polar surface area (TPSA) is 160 Å². The minimum atomic E-state index is -2.86. The molecule has 324 valence electrons. The highest BCUT2D eigenvalue weighted by Crippen LogP contribution is 2.37. The number of anilines is 3. The number of halogens is 2. The number of imide groups is 1. The zero-order valence-electron chi connectivity index (χ0n) is 35.0. The summed E-state index contributed by atoms with van der Waals surface area (Å²) in [5.74, 6) is 0.567. The van der Waals surface area contributed by atoms with E-state index >= 15 is 0 Å². The van der Waals surface area contributed by atoms with Crippen molar-refractivity contribution < 1.29 is 23.2 Å². The van der Waals surface area contributed by atoms with Crippen molar-refractivity contribution >= 4 is 51.6 Å². The second kappa shape index (κ2) is 16.7. The van der Waals surface area contributed by atoms with Crippen LogP contribution in [0.3, 0.4) is 0 Å². The fourth-order valence-electron chi connectivity index (χ4n) is 10.1. The van der Waals surface area contributed by atoms with Gasteiger partial charge in [0.15, 0.2) is 11.3 Å². The van der Waals surface area contributed by atoms with Gasteiger partial charge in [-0.3, -0.25) is 33.5 Å². The van der Waals surface area contributed by atoms with Crippen LogP contribution in [-0.4, -0.2) is 102 Å². The van der Waals surface area contributed by atoms with Gasteiger partial charge in [0.05, 0.1) is 34.6 Å². The van der Waals surface area contributed by atoms with Crippen LogP contribution in [0.4, 0.5) is 26.0 Å². The summed E-state index contributed by atoms with van der Waals surface area (Å²) in [6.07, 6.45) is 9.87. The molecular formula is C43H54F2N12O4. The second-order valence-electron chi connectivity index (χ2n) is 17.6. The number of rotatable bonds is 10. The highest BCUT2D eigenvalue weighted by molar-refractivity contribution is 6.08. The van der Waals surface area contributed by atoms with Gasteiger partial charge < -0.3 is 20.0 Å². The van der Waals surface area contributed by atoms with Gasteiger partial charge >= 0.3 is 5.69 Å². The van der Waals surface area contributed by atoms with E-state index < -0.39 is 30.0 Å². The van der Waals surface area contributed by atoms with Gasteiger partial charge in [-0.2, -0.15) is 10.2 Å². The third kappa shape index (κ3) is 7.90. The van der Waals surface area contributed by atoms with Gasteiger partial charge in [0.25, 0.3) is 12.3 Å². The molecule has 4 fully saturated rings. The molecule has 0 radical (unpaired) electrons. The molecule has 7 heterocycles. The summed E-state index contributed by atoms with van der Waals surface area (Å²) in [5, 5.41) is 13.7. The van der Waals surface area contributed by atoms with Crippen LogP contribution in [0.2, 0.25) is 0 Å². The normalized spacial score (nSPS) is 22.2. The first-order valence-corrected chi connectivity index (χ1v) is 21.7. The number of imidazole rings is 1. The Kier molecular flexibility index (Phi) is 11.1. The van der Waals surface area contributed by atoms with Gasteiger partial charge in [-0.1, -0.05) is 13.0 Å². The first-order valence-electron chi connectivity index (χ1n) is 21.7. The van der Waals surface area contributed by atoms with Crippen molar-refractivity contribution in [3.05, 3.63) is 64.6 Å². The van der Waals surface area contributed by atoms with E-state index in [-0.39, 0.29) is 35.3 Å². The van der Waals surface area contributed by atoms with Crippen molar-refractivity contribution in [2.45, 2.75) is 95.7 Å². The van der Waals surface area contributed by atoms with E-state index in [1.807, 2.05) is 24.3 Å². The molecule has 1 aliphatic carbocycles. The number of amides is 3. The smallest absolute Gasteiger partial charge is 0.329 e. The molecule has 0 bridgehead atoms. The van der Waals surface area contributed by atoms with Crippen molar-refractivity contribution in [1.82, 2.24) is 43.7 Å². The summed E-state index contributed by atoms with van der Waals surface area (Å²) < 4.78 is 35.0. The van der Waals surface area contributed by atoms with Crippen LogP contribution in [0, 0.1) is 11.8 Å². The molecule has 4 aromatic heterocycles. The Bertz CT molecular complexity index is 2500. The van der Waals surface area contributed by atoms with E-state index in [0.717, 1.165) is 101 Å². The van der Waals surface area contributed by atoms with E-state index in [1.54, 1.807) is 28.7 Å². The van der Waals surface area contributed by atoms with Gasteiger partial charge in [-0.05, 0) is 94.9 Å². The number of aromatic nitrogens is 7. The minimum Gasteiger partial charge on any atom is -0.370 e. The van der Waals surface area contributed by atoms with Crippen molar-refractivity contribution in [2.75, 3.05) is 54.9 Å². The van der Waals surface area contributed by atoms with Crippen LogP contribution in [0.5, 0.6) is 0 Å². The Hall–Kier alpha value is -5.65. The molecule has 0 spiro atoms. The highest BCUT2D eigenvalue weighted by atomic mass is 19.3. The first kappa shape index (κ1) is 40.7. The summed E-state index contributed by atoms with van der Waals surface area (Å²) in [6, 6.07) is 7.32. The fraction of sp³-hybridized carbons (Fsp3) is 0.558. The van der Waals surface area contributed by atoms with Crippen LogP contribution in [-0.2, 0) is 16.6 Å². The summed E-state index contributed by atoms with van der Waals surface area (Å²) >= 11 is 0. The number of carbonyl (C=O) groups excluding carboxylic acids is 3. The summed E-state index contributed by atoms with van der Waals surface area (Å²) in [4.78, 5) is 63.3. The van der Waals surface area contributed by atoms with Crippen molar-refractivity contribution in [2.24, 2.45) is 18.9 Å². The summed E-state index contributed by atoms with van der Waals surface area (Å²) in [5.41, 5.74) is 2.30. The number of alkyl halides is 2. The molecule has 3 aliphatic heterocycles. The quantitative estimate of drug-likeness (QED) is 0.177. The van der Waals surface area contributed by atoms with Gasteiger partial charge in [-0.25, -0.2) is 23.1 Å². The Morgan fingerprint density at radius 2 is 1.70 bits per heavy atom. The Morgan fingerprint density at radius 3 is 2.43 bits per heavy atom. The molecule has 3 saturated heterocycles. The molecule has 9 rings (SSSR count). The van der Waals surface area contributed by atoms with Crippen LogP contribution in [0.15, 0.2) is 47.7 Å². The lowest BCUT2D eigenvalue weighted by molar-refractivity contribution is -0.135. The number of piperidine rings is 3. The number of benzene rings is 1. The first-order chi connectivity index (χ1) is 29.4. The van der Waals surface area contributed by atoms with E-state index in [4.69, 9.17) is 4.98 Å². The number of nitrogens with one attached hydrogen (secondary N) is 2. The Morgan fingerprint density at radius 1 is 0.967 bits per heavy atom. The Labute approximate surface area is 351 Å². The lowest BCUT2D eigenvalue weighted by atomic mass is 9.85. The van der Waals surface area contributed by atoms with Gasteiger partial charge in [0, 0.05) is 64.6 Å². The number of fused-ring (bicyclic) bond motifs is 2. The molecule has 3 amide bonds. The number of hydrogen-bond acceptors (Lipinski definition) is 10. The van der Waals surface area contributed by atoms with Crippen LogP contribution in [0.1, 0.15) is 106 Å². The zero-order valence-corrected chi connectivity index (χ0v) is 35.0. The maximum absolute atomic E-state index is 14.3. The van der Waals surface area contributed by atoms with Crippen molar-refractivity contribution in [3.8, 4) is 0 Å². The van der Waals surface area contributed by atoms with Gasteiger partial charge in [0.1, 0.15) is 17.4 Å². The molecule has 1 aromatic carbocycles. The van der Waals surface area contributed by atoms with Crippen molar-refractivity contribution in [1.29, 1.82) is 0 Å². The lowest BCUT2D eigenvalue weighted by Crippen LogP contribution is -2.45. The van der Waals surface area contributed by atoms with Crippen LogP contribution >= 0.6 is 0 Å². The maximum atomic E-state index is 14.3. The summed E-state index contributed by atoms with van der Waals surface area (Å²) in [7, 11) is 3.92. The van der Waals surface area contributed by atoms with E-state index in [0.29, 0.717) is 35.5 Å². The molecule has 1 saturated carbocycles. The maximum Gasteiger partial charge on any atom is 0.329 e. The van der Waals surface area contributed by atoms with E-state index in [9.17, 15) is 28.0 Å². The minimum absolute atomic E-state index is 0.000866. The number of hydrogen-bond donors (Lipinski definition) is 2. The predicted octanol–water partition coefficient (Wildman–Crippen LogP) is 5.32.